The summed E-state index contributed by atoms with van der Waals surface area (Å²) in [7, 11) is -1.95. The highest BCUT2D eigenvalue weighted by Crippen LogP contribution is 2.37. The molecular weight excluding hydrogens is 176 g/mol. The van der Waals surface area contributed by atoms with Crippen molar-refractivity contribution in [1.82, 2.24) is 0 Å². The predicted molar refractivity (Wildman–Crippen MR) is 62.5 cm³/mol. The smallest absolute Gasteiger partial charge is 0.190 e. The summed E-state index contributed by atoms with van der Waals surface area (Å²) < 4.78 is 0. The average Bonchev–Trinajstić information content (AvgIpc) is 1.96. The van der Waals surface area contributed by atoms with Gasteiger partial charge in [0.15, 0.2) is 8.32 Å². The minimum absolute atomic E-state index is 0.138. The molecule has 0 saturated heterocycles. The second kappa shape index (κ2) is 5.16. The molecule has 0 aromatic rings. The van der Waals surface area contributed by atoms with E-state index in [4.69, 9.17) is 0 Å². The predicted octanol–water partition coefficient (Wildman–Crippen LogP) is 3.93. The van der Waals surface area contributed by atoms with Gasteiger partial charge in [0.05, 0.1) is 0 Å². The average molecular weight is 202 g/mol. The second-order valence-corrected chi connectivity index (χ2v) is 9.88. The van der Waals surface area contributed by atoms with Gasteiger partial charge in [0.1, 0.15) is 0 Å². The molecule has 0 aliphatic carbocycles. The molecule has 0 aliphatic heterocycles. The molecule has 13 heavy (non-hydrogen) atoms. The molecule has 1 nitrogen and oxygen atoms in total. The fourth-order valence-corrected chi connectivity index (χ4v) is 2.96. The first-order chi connectivity index (χ1) is 5.81. The van der Waals surface area contributed by atoms with E-state index in [9.17, 15) is 4.80 Å². The van der Waals surface area contributed by atoms with Crippen LogP contribution in [0.1, 0.15) is 53.4 Å². The topological polar surface area (TPSA) is 20.2 Å². The van der Waals surface area contributed by atoms with Crippen molar-refractivity contribution in [3.05, 3.63) is 0 Å². The van der Waals surface area contributed by atoms with E-state index in [1.165, 1.54) is 25.7 Å². The number of hydrogen-bond donors (Lipinski definition) is 1. The van der Waals surface area contributed by atoms with E-state index < -0.39 is 8.32 Å². The summed E-state index contributed by atoms with van der Waals surface area (Å²) in [5, 5.41) is 0.138. The van der Waals surface area contributed by atoms with Crippen molar-refractivity contribution in [1.29, 1.82) is 0 Å². The highest BCUT2D eigenvalue weighted by molar-refractivity contribution is 6.74. The molecule has 0 rings (SSSR count). The Balaban J connectivity index is 3.77. The summed E-state index contributed by atoms with van der Waals surface area (Å²) in [5.41, 5.74) is 0. The van der Waals surface area contributed by atoms with Gasteiger partial charge in [-0.3, -0.25) is 0 Å². The highest BCUT2D eigenvalue weighted by Gasteiger charge is 2.37. The molecule has 2 heteroatoms. The zero-order valence-electron chi connectivity index (χ0n) is 9.98. The Morgan fingerprint density at radius 3 is 2.00 bits per heavy atom. The molecule has 0 saturated carbocycles. The van der Waals surface area contributed by atoms with Gasteiger partial charge in [-0.15, -0.1) is 0 Å². The Morgan fingerprint density at radius 2 is 1.62 bits per heavy atom. The van der Waals surface area contributed by atoms with Gasteiger partial charge in [-0.05, 0) is 17.6 Å². The van der Waals surface area contributed by atoms with Crippen molar-refractivity contribution in [3.8, 4) is 0 Å². The fourth-order valence-electron chi connectivity index (χ4n) is 1.27. The first-order valence-electron chi connectivity index (χ1n) is 5.53. The molecule has 0 aliphatic rings. The van der Waals surface area contributed by atoms with Crippen molar-refractivity contribution < 1.29 is 4.80 Å². The Hall–Kier alpha value is 0.177. The van der Waals surface area contributed by atoms with Crippen LogP contribution in [0.25, 0.3) is 0 Å². The summed E-state index contributed by atoms with van der Waals surface area (Å²) in [5.74, 6) is 0. The van der Waals surface area contributed by atoms with Gasteiger partial charge in [0.2, 0.25) is 0 Å². The molecule has 0 aromatic heterocycles. The monoisotopic (exact) mass is 202 g/mol. The van der Waals surface area contributed by atoms with E-state index in [1.54, 1.807) is 0 Å². The maximum atomic E-state index is 10.3. The highest BCUT2D eigenvalue weighted by atomic mass is 28.4. The minimum atomic E-state index is -1.95. The third-order valence-corrected chi connectivity index (χ3v) is 7.69. The molecule has 1 N–H and O–H groups in total. The number of rotatable bonds is 5. The van der Waals surface area contributed by atoms with Crippen LogP contribution in [0.2, 0.25) is 17.6 Å². The molecule has 0 spiro atoms. The number of hydrogen-bond acceptors (Lipinski definition) is 1. The lowest BCUT2D eigenvalue weighted by molar-refractivity contribution is 0.469. The van der Waals surface area contributed by atoms with Crippen LogP contribution in [0.5, 0.6) is 0 Å². The minimum Gasteiger partial charge on any atom is -0.431 e. The third kappa shape index (κ3) is 4.82. The standard InChI is InChI=1S/C11H26OSi/c1-6-7-8-9-10-13(5,12)11(2,3)4/h12H,6-10H2,1-5H3. The van der Waals surface area contributed by atoms with Crippen LogP contribution in [0, 0.1) is 0 Å². The fraction of sp³-hybridized carbons (Fsp3) is 1.00. The van der Waals surface area contributed by atoms with Gasteiger partial charge in [-0.1, -0.05) is 53.4 Å². The van der Waals surface area contributed by atoms with Gasteiger partial charge in [-0.2, -0.15) is 0 Å². The Bertz CT molecular complexity index is 136. The van der Waals surface area contributed by atoms with E-state index in [1.807, 2.05) is 0 Å². The van der Waals surface area contributed by atoms with Crippen LogP contribution < -0.4 is 0 Å². The zero-order chi connectivity index (χ0) is 10.5. The summed E-state index contributed by atoms with van der Waals surface area (Å²) in [6.07, 6.45) is 5.09. The molecular formula is C11H26OSi. The normalized spacial score (nSPS) is 17.1. The van der Waals surface area contributed by atoms with Crippen LogP contribution in [-0.2, 0) is 0 Å². The lowest BCUT2D eigenvalue weighted by atomic mass is 10.2. The first kappa shape index (κ1) is 13.2. The molecule has 0 fully saturated rings. The largest absolute Gasteiger partial charge is 0.431 e. The Kier molecular flexibility index (Phi) is 5.23. The molecule has 0 heterocycles. The molecule has 0 radical (unpaired) electrons. The van der Waals surface area contributed by atoms with Crippen molar-refractivity contribution >= 4 is 8.32 Å². The van der Waals surface area contributed by atoms with Gasteiger partial charge in [0.25, 0.3) is 0 Å². The quantitative estimate of drug-likeness (QED) is 0.529. The van der Waals surface area contributed by atoms with Crippen LogP contribution in [0.4, 0.5) is 0 Å². The molecule has 0 bridgehead atoms. The van der Waals surface area contributed by atoms with Gasteiger partial charge < -0.3 is 4.80 Å². The maximum absolute atomic E-state index is 10.3. The van der Waals surface area contributed by atoms with Crippen molar-refractivity contribution in [2.45, 2.75) is 71.0 Å². The van der Waals surface area contributed by atoms with Crippen LogP contribution in [0.15, 0.2) is 0 Å². The van der Waals surface area contributed by atoms with E-state index in [-0.39, 0.29) is 5.04 Å². The lowest BCUT2D eigenvalue weighted by Gasteiger charge is -2.34. The van der Waals surface area contributed by atoms with Crippen LogP contribution >= 0.6 is 0 Å². The molecule has 1 atom stereocenters. The van der Waals surface area contributed by atoms with Crippen molar-refractivity contribution in [2.24, 2.45) is 0 Å². The number of unbranched alkanes of at least 4 members (excludes halogenated alkanes) is 3. The summed E-state index contributed by atoms with van der Waals surface area (Å²) in [4.78, 5) is 10.3. The SMILES string of the molecule is CCCCCC[Si](C)(O)C(C)(C)C. The van der Waals surface area contributed by atoms with Crippen LogP contribution in [0.3, 0.4) is 0 Å². The van der Waals surface area contributed by atoms with Crippen LogP contribution in [-0.4, -0.2) is 13.1 Å². The lowest BCUT2D eigenvalue weighted by Crippen LogP contribution is -2.40. The van der Waals surface area contributed by atoms with E-state index in [0.717, 1.165) is 6.04 Å². The first-order valence-corrected chi connectivity index (χ1v) is 8.19. The van der Waals surface area contributed by atoms with Crippen molar-refractivity contribution in [3.63, 3.8) is 0 Å². The second-order valence-electron chi connectivity index (χ2n) is 5.33. The van der Waals surface area contributed by atoms with Gasteiger partial charge >= 0.3 is 0 Å². The molecule has 0 amide bonds. The molecule has 0 aromatic carbocycles. The summed E-state index contributed by atoms with van der Waals surface area (Å²) in [6.45, 7) is 10.8. The third-order valence-electron chi connectivity index (χ3n) is 3.13. The van der Waals surface area contributed by atoms with Gasteiger partial charge in [0, 0.05) is 0 Å². The molecule has 80 valence electrons. The van der Waals surface area contributed by atoms with E-state index >= 15 is 0 Å². The summed E-state index contributed by atoms with van der Waals surface area (Å²) >= 11 is 0. The Morgan fingerprint density at radius 1 is 1.08 bits per heavy atom. The molecule has 1 unspecified atom stereocenters. The Labute approximate surface area is 84.7 Å². The van der Waals surface area contributed by atoms with Crippen molar-refractivity contribution in [2.75, 3.05) is 0 Å². The summed E-state index contributed by atoms with van der Waals surface area (Å²) in [6, 6.07) is 1.07. The van der Waals surface area contributed by atoms with E-state index in [0.29, 0.717) is 0 Å². The zero-order valence-corrected chi connectivity index (χ0v) is 11.0. The maximum Gasteiger partial charge on any atom is 0.190 e. The van der Waals surface area contributed by atoms with Gasteiger partial charge in [-0.25, -0.2) is 0 Å². The van der Waals surface area contributed by atoms with E-state index in [2.05, 4.69) is 34.2 Å².